The molecule has 1 saturated carbocycles. The van der Waals surface area contributed by atoms with Crippen molar-refractivity contribution >= 4 is 17.9 Å². The average Bonchev–Trinajstić information content (AvgIpc) is 2.76. The predicted molar refractivity (Wildman–Crippen MR) is 118 cm³/mol. The molecule has 0 radical (unpaired) electrons. The summed E-state index contributed by atoms with van der Waals surface area (Å²) in [4.78, 5) is 39.5. The zero-order valence-electron chi connectivity index (χ0n) is 19.7. The van der Waals surface area contributed by atoms with Gasteiger partial charge in [0.1, 0.15) is 11.6 Å². The van der Waals surface area contributed by atoms with E-state index in [0.29, 0.717) is 38.6 Å². The number of alkyl carbamates (subject to hydrolysis) is 1. The Morgan fingerprint density at radius 3 is 2.41 bits per heavy atom. The van der Waals surface area contributed by atoms with Crippen LogP contribution in [0.1, 0.15) is 65.7 Å². The largest absolute Gasteiger partial charge is 0.444 e. The molecule has 0 aromatic carbocycles. The van der Waals surface area contributed by atoms with Gasteiger partial charge >= 0.3 is 6.09 Å². The van der Waals surface area contributed by atoms with Crippen molar-refractivity contribution in [3.63, 3.8) is 0 Å². The van der Waals surface area contributed by atoms with Gasteiger partial charge in [-0.25, -0.2) is 4.79 Å². The normalized spacial score (nSPS) is 19.4. The molecule has 9 heteroatoms. The van der Waals surface area contributed by atoms with Crippen molar-refractivity contribution < 1.29 is 23.9 Å². The lowest BCUT2D eigenvalue weighted by atomic mass is 9.81. The molecule has 0 bridgehead atoms. The van der Waals surface area contributed by atoms with Crippen molar-refractivity contribution in [1.29, 1.82) is 5.26 Å². The van der Waals surface area contributed by atoms with Crippen LogP contribution in [-0.4, -0.2) is 67.3 Å². The molecular weight excluding hydrogens is 412 g/mol. The Morgan fingerprint density at radius 1 is 1.16 bits per heavy atom. The molecule has 9 nitrogen and oxygen atoms in total. The van der Waals surface area contributed by atoms with Crippen LogP contribution in [0.3, 0.4) is 0 Å². The maximum absolute atomic E-state index is 13.1. The van der Waals surface area contributed by atoms with Crippen LogP contribution in [0.4, 0.5) is 4.79 Å². The van der Waals surface area contributed by atoms with E-state index in [4.69, 9.17) is 9.47 Å². The number of nitrogens with zero attached hydrogens (tertiary/aromatic N) is 2. The van der Waals surface area contributed by atoms with E-state index < -0.39 is 23.7 Å². The summed E-state index contributed by atoms with van der Waals surface area (Å²) < 4.78 is 10.5. The number of rotatable bonds is 8. The number of amides is 3. The number of carbonyl (C=O) groups is 3. The maximum Gasteiger partial charge on any atom is 0.407 e. The van der Waals surface area contributed by atoms with Gasteiger partial charge in [-0.05, 0) is 33.1 Å². The van der Waals surface area contributed by atoms with Gasteiger partial charge in [0, 0.05) is 25.4 Å². The second-order valence-corrected chi connectivity index (χ2v) is 9.71. The third kappa shape index (κ3) is 9.43. The first kappa shape index (κ1) is 25.9. The standard InChI is InChI=1S/C23H38N4O5/c1-23(2,3)32-22(30)25-16-19(15-24)26-21(29)18(13-17-7-5-4-6-8-17)14-20(28)27-9-11-31-12-10-27/h17-19H,4-14,16H2,1-3H3,(H,25,30)(H,26,29)/t18?,19-/m1/s1. The van der Waals surface area contributed by atoms with Crippen LogP contribution in [0, 0.1) is 23.2 Å². The Balaban J connectivity index is 1.95. The number of ether oxygens (including phenoxy) is 2. The van der Waals surface area contributed by atoms with Gasteiger partial charge in [0.05, 0.1) is 25.8 Å². The van der Waals surface area contributed by atoms with Crippen LogP contribution in [0.2, 0.25) is 0 Å². The highest BCUT2D eigenvalue weighted by atomic mass is 16.6. The van der Waals surface area contributed by atoms with Gasteiger partial charge in [0.25, 0.3) is 0 Å². The lowest BCUT2D eigenvalue weighted by molar-refractivity contribution is -0.140. The first-order chi connectivity index (χ1) is 15.2. The molecule has 2 N–H and O–H groups in total. The third-order valence-corrected chi connectivity index (χ3v) is 5.82. The zero-order chi connectivity index (χ0) is 23.6. The van der Waals surface area contributed by atoms with Crippen LogP contribution in [-0.2, 0) is 19.1 Å². The number of hydrogen-bond acceptors (Lipinski definition) is 6. The summed E-state index contributed by atoms with van der Waals surface area (Å²) in [7, 11) is 0. The van der Waals surface area contributed by atoms with Crippen molar-refractivity contribution in [2.75, 3.05) is 32.8 Å². The van der Waals surface area contributed by atoms with Crippen molar-refractivity contribution in [2.24, 2.45) is 11.8 Å². The van der Waals surface area contributed by atoms with Crippen molar-refractivity contribution in [2.45, 2.75) is 77.4 Å². The Kier molecular flexibility index (Phi) is 10.2. The van der Waals surface area contributed by atoms with Crippen molar-refractivity contribution in [3.05, 3.63) is 0 Å². The van der Waals surface area contributed by atoms with Gasteiger partial charge in [-0.15, -0.1) is 0 Å². The fraction of sp³-hybridized carbons (Fsp3) is 0.826. The monoisotopic (exact) mass is 450 g/mol. The Labute approximate surface area is 191 Å². The summed E-state index contributed by atoms with van der Waals surface area (Å²) in [5.74, 6) is -0.442. The molecule has 2 aliphatic rings. The number of carbonyl (C=O) groups excluding carboxylic acids is 3. The zero-order valence-corrected chi connectivity index (χ0v) is 19.7. The minimum Gasteiger partial charge on any atom is -0.444 e. The van der Waals surface area contributed by atoms with Gasteiger partial charge in [0.15, 0.2) is 0 Å². The molecule has 3 amide bonds. The molecule has 1 heterocycles. The molecule has 1 aliphatic carbocycles. The quantitative estimate of drug-likeness (QED) is 0.586. The Hall–Kier alpha value is -2.34. The molecule has 0 aromatic heterocycles. The van der Waals surface area contributed by atoms with E-state index >= 15 is 0 Å². The van der Waals surface area contributed by atoms with E-state index in [1.165, 1.54) is 6.42 Å². The second kappa shape index (κ2) is 12.6. The molecule has 1 saturated heterocycles. The molecular formula is C23H38N4O5. The van der Waals surface area contributed by atoms with Gasteiger partial charge in [-0.3, -0.25) is 9.59 Å². The highest BCUT2D eigenvalue weighted by Crippen LogP contribution is 2.30. The van der Waals surface area contributed by atoms with Crippen LogP contribution < -0.4 is 10.6 Å². The molecule has 2 fully saturated rings. The lowest BCUT2D eigenvalue weighted by Gasteiger charge is -2.30. The predicted octanol–water partition coefficient (Wildman–Crippen LogP) is 2.35. The molecule has 180 valence electrons. The number of nitriles is 1. The molecule has 2 atom stereocenters. The van der Waals surface area contributed by atoms with E-state index in [-0.39, 0.29) is 24.8 Å². The van der Waals surface area contributed by atoms with Gasteiger partial charge in [-0.2, -0.15) is 5.26 Å². The van der Waals surface area contributed by atoms with Gasteiger partial charge in [-0.1, -0.05) is 32.1 Å². The smallest absolute Gasteiger partial charge is 0.407 e. The van der Waals surface area contributed by atoms with E-state index in [1.807, 2.05) is 6.07 Å². The Bertz CT molecular complexity index is 673. The highest BCUT2D eigenvalue weighted by Gasteiger charge is 2.30. The first-order valence-electron chi connectivity index (χ1n) is 11.7. The summed E-state index contributed by atoms with van der Waals surface area (Å²) in [6.45, 7) is 7.28. The minimum absolute atomic E-state index is 0.0513. The fourth-order valence-electron chi connectivity index (χ4n) is 4.18. The highest BCUT2D eigenvalue weighted by molar-refractivity contribution is 5.86. The number of morpholine rings is 1. The summed E-state index contributed by atoms with van der Waals surface area (Å²) in [6, 6.07) is 1.11. The molecule has 1 aliphatic heterocycles. The lowest BCUT2D eigenvalue weighted by Crippen LogP contribution is -2.47. The van der Waals surface area contributed by atoms with Crippen LogP contribution in [0.15, 0.2) is 0 Å². The molecule has 0 aromatic rings. The summed E-state index contributed by atoms with van der Waals surface area (Å²) in [6.07, 6.45) is 5.77. The average molecular weight is 451 g/mol. The summed E-state index contributed by atoms with van der Waals surface area (Å²) >= 11 is 0. The summed E-state index contributed by atoms with van der Waals surface area (Å²) in [5.41, 5.74) is -0.652. The minimum atomic E-state index is -0.901. The van der Waals surface area contributed by atoms with Crippen LogP contribution >= 0.6 is 0 Å². The van der Waals surface area contributed by atoms with Gasteiger partial charge in [0.2, 0.25) is 11.8 Å². The molecule has 1 unspecified atom stereocenters. The number of nitrogens with one attached hydrogen (secondary N) is 2. The molecule has 0 spiro atoms. The Morgan fingerprint density at radius 2 is 1.81 bits per heavy atom. The van der Waals surface area contributed by atoms with Gasteiger partial charge < -0.3 is 25.0 Å². The number of hydrogen-bond donors (Lipinski definition) is 2. The second-order valence-electron chi connectivity index (χ2n) is 9.71. The van der Waals surface area contributed by atoms with E-state index in [2.05, 4.69) is 10.6 Å². The van der Waals surface area contributed by atoms with Crippen molar-refractivity contribution in [3.8, 4) is 6.07 Å². The van der Waals surface area contributed by atoms with E-state index in [1.54, 1.807) is 25.7 Å². The molecule has 32 heavy (non-hydrogen) atoms. The SMILES string of the molecule is CC(C)(C)OC(=O)NC[C@@H](C#N)NC(=O)C(CC(=O)N1CCOCC1)CC1CCCCC1. The van der Waals surface area contributed by atoms with Crippen molar-refractivity contribution in [1.82, 2.24) is 15.5 Å². The van der Waals surface area contributed by atoms with E-state index in [9.17, 15) is 19.6 Å². The van der Waals surface area contributed by atoms with E-state index in [0.717, 1.165) is 25.7 Å². The molecule has 2 rings (SSSR count). The summed E-state index contributed by atoms with van der Waals surface area (Å²) in [5, 5.41) is 14.7. The third-order valence-electron chi connectivity index (χ3n) is 5.82. The van der Waals surface area contributed by atoms with Crippen LogP contribution in [0.5, 0.6) is 0 Å². The maximum atomic E-state index is 13.1. The fourth-order valence-corrected chi connectivity index (χ4v) is 4.18. The first-order valence-corrected chi connectivity index (χ1v) is 11.7. The topological polar surface area (TPSA) is 121 Å². The van der Waals surface area contributed by atoms with Crippen LogP contribution in [0.25, 0.3) is 0 Å².